The number of rotatable bonds is 6. The monoisotopic (exact) mass is 201 g/mol. The highest BCUT2D eigenvalue weighted by atomic mass is 16.2. The van der Waals surface area contributed by atoms with E-state index in [2.05, 4.69) is 5.32 Å². The first-order valence-corrected chi connectivity index (χ1v) is 4.64. The molecule has 0 rings (SSSR count). The third-order valence-corrected chi connectivity index (χ3v) is 1.81. The van der Waals surface area contributed by atoms with E-state index >= 15 is 0 Å². The highest BCUT2D eigenvalue weighted by molar-refractivity contribution is 5.84. The molecule has 0 aromatic rings. The van der Waals surface area contributed by atoms with Gasteiger partial charge in [0.2, 0.25) is 11.8 Å². The number of carbonyl (C=O) groups is 2. The van der Waals surface area contributed by atoms with Gasteiger partial charge in [-0.1, -0.05) is 6.92 Å². The fourth-order valence-electron chi connectivity index (χ4n) is 0.971. The lowest BCUT2D eigenvalue weighted by atomic mass is 10.1. The highest BCUT2D eigenvalue weighted by Gasteiger charge is 2.14. The maximum atomic E-state index is 11.3. The number of likely N-dealkylation sites (N-methyl/N-ethyl adjacent to an activating group) is 1. The third kappa shape index (κ3) is 6.42. The second-order valence-electron chi connectivity index (χ2n) is 3.67. The van der Waals surface area contributed by atoms with Crippen molar-refractivity contribution in [1.29, 1.82) is 0 Å². The second kappa shape index (κ2) is 6.37. The van der Waals surface area contributed by atoms with Crippen LogP contribution in [-0.4, -0.2) is 43.9 Å². The van der Waals surface area contributed by atoms with Crippen LogP contribution in [0.15, 0.2) is 0 Å². The topological polar surface area (TPSA) is 75.4 Å². The van der Waals surface area contributed by atoms with Crippen LogP contribution < -0.4 is 11.1 Å². The summed E-state index contributed by atoms with van der Waals surface area (Å²) in [6.45, 7) is 3.07. The molecule has 1 atom stereocenters. The Morgan fingerprint density at radius 1 is 1.43 bits per heavy atom. The van der Waals surface area contributed by atoms with Crippen molar-refractivity contribution in [1.82, 2.24) is 10.2 Å². The smallest absolute Gasteiger partial charge is 0.223 e. The second-order valence-corrected chi connectivity index (χ2v) is 3.67. The van der Waals surface area contributed by atoms with Gasteiger partial charge in [0, 0.05) is 25.4 Å². The van der Waals surface area contributed by atoms with Gasteiger partial charge < -0.3 is 16.0 Å². The van der Waals surface area contributed by atoms with Gasteiger partial charge in [-0.15, -0.1) is 0 Å². The summed E-state index contributed by atoms with van der Waals surface area (Å²) in [6.07, 6.45) is 0.105. The molecule has 0 heterocycles. The highest BCUT2D eigenvalue weighted by Crippen LogP contribution is 1.99. The van der Waals surface area contributed by atoms with E-state index in [0.717, 1.165) is 6.54 Å². The Hall–Kier alpha value is -1.10. The van der Waals surface area contributed by atoms with Gasteiger partial charge in [0.15, 0.2) is 0 Å². The average molecular weight is 201 g/mol. The van der Waals surface area contributed by atoms with Crippen LogP contribution >= 0.6 is 0 Å². The quantitative estimate of drug-likeness (QED) is 0.589. The molecule has 0 aromatic carbocycles. The number of carbonyl (C=O) groups excluding carboxylic acids is 2. The number of nitrogens with zero attached hydrogens (tertiary/aromatic N) is 1. The first-order chi connectivity index (χ1) is 6.43. The Kier molecular flexibility index (Phi) is 5.87. The van der Waals surface area contributed by atoms with Gasteiger partial charge in [0.05, 0.1) is 0 Å². The summed E-state index contributed by atoms with van der Waals surface area (Å²) >= 11 is 0. The number of hydrogen-bond donors (Lipinski definition) is 2. The molecule has 0 aliphatic rings. The normalized spacial score (nSPS) is 12.6. The molecule has 1 unspecified atom stereocenters. The van der Waals surface area contributed by atoms with E-state index in [1.807, 2.05) is 19.0 Å². The van der Waals surface area contributed by atoms with Crippen LogP contribution in [0.2, 0.25) is 0 Å². The van der Waals surface area contributed by atoms with Crippen LogP contribution in [0.4, 0.5) is 0 Å². The SMILES string of the molecule is CC(CC(N)=O)C(=O)NCCN(C)C. The Morgan fingerprint density at radius 3 is 2.43 bits per heavy atom. The lowest BCUT2D eigenvalue weighted by Gasteiger charge is -2.13. The molecule has 2 amide bonds. The zero-order valence-electron chi connectivity index (χ0n) is 9.04. The van der Waals surface area contributed by atoms with Gasteiger partial charge in [-0.3, -0.25) is 9.59 Å². The summed E-state index contributed by atoms with van der Waals surface area (Å²) in [6, 6.07) is 0. The van der Waals surface area contributed by atoms with Crippen molar-refractivity contribution in [3.05, 3.63) is 0 Å². The lowest BCUT2D eigenvalue weighted by molar-refractivity contribution is -0.128. The first-order valence-electron chi connectivity index (χ1n) is 4.64. The van der Waals surface area contributed by atoms with Crippen molar-refractivity contribution >= 4 is 11.8 Å². The Morgan fingerprint density at radius 2 is 2.00 bits per heavy atom. The van der Waals surface area contributed by atoms with E-state index in [1.54, 1.807) is 6.92 Å². The molecule has 0 spiro atoms. The van der Waals surface area contributed by atoms with E-state index in [-0.39, 0.29) is 18.2 Å². The van der Waals surface area contributed by atoms with Gasteiger partial charge in [-0.25, -0.2) is 0 Å². The van der Waals surface area contributed by atoms with Crippen molar-refractivity contribution in [2.45, 2.75) is 13.3 Å². The number of amides is 2. The Bertz CT molecular complexity index is 204. The minimum Gasteiger partial charge on any atom is -0.370 e. The van der Waals surface area contributed by atoms with Crippen molar-refractivity contribution in [2.24, 2.45) is 11.7 Å². The zero-order chi connectivity index (χ0) is 11.1. The zero-order valence-corrected chi connectivity index (χ0v) is 9.04. The van der Waals surface area contributed by atoms with Gasteiger partial charge in [-0.2, -0.15) is 0 Å². The number of nitrogens with one attached hydrogen (secondary N) is 1. The molecule has 0 saturated heterocycles. The van der Waals surface area contributed by atoms with Crippen LogP contribution in [0.5, 0.6) is 0 Å². The fraction of sp³-hybridized carbons (Fsp3) is 0.778. The molecule has 0 saturated carbocycles. The third-order valence-electron chi connectivity index (χ3n) is 1.81. The van der Waals surface area contributed by atoms with Gasteiger partial charge >= 0.3 is 0 Å². The van der Waals surface area contributed by atoms with Crippen molar-refractivity contribution < 1.29 is 9.59 Å². The molecular weight excluding hydrogens is 182 g/mol. The molecule has 5 heteroatoms. The van der Waals surface area contributed by atoms with Gasteiger partial charge in [0.1, 0.15) is 0 Å². The van der Waals surface area contributed by atoms with E-state index in [1.165, 1.54) is 0 Å². The molecule has 0 radical (unpaired) electrons. The molecule has 3 N–H and O–H groups in total. The van der Waals surface area contributed by atoms with Crippen LogP contribution in [0.3, 0.4) is 0 Å². The van der Waals surface area contributed by atoms with Crippen LogP contribution in [-0.2, 0) is 9.59 Å². The van der Waals surface area contributed by atoms with Gasteiger partial charge in [0.25, 0.3) is 0 Å². The molecule has 5 nitrogen and oxygen atoms in total. The summed E-state index contributed by atoms with van der Waals surface area (Å²) in [5, 5.41) is 2.73. The average Bonchev–Trinajstić information content (AvgIpc) is 2.01. The van der Waals surface area contributed by atoms with Crippen LogP contribution in [0, 0.1) is 5.92 Å². The fourth-order valence-corrected chi connectivity index (χ4v) is 0.971. The summed E-state index contributed by atoms with van der Waals surface area (Å²) in [5.41, 5.74) is 4.98. The van der Waals surface area contributed by atoms with E-state index in [9.17, 15) is 9.59 Å². The largest absolute Gasteiger partial charge is 0.370 e. The molecule has 14 heavy (non-hydrogen) atoms. The number of hydrogen-bond acceptors (Lipinski definition) is 3. The summed E-state index contributed by atoms with van der Waals surface area (Å²) in [7, 11) is 3.86. The summed E-state index contributed by atoms with van der Waals surface area (Å²) in [4.78, 5) is 23.8. The summed E-state index contributed by atoms with van der Waals surface area (Å²) < 4.78 is 0. The molecule has 82 valence electrons. The van der Waals surface area contributed by atoms with E-state index in [4.69, 9.17) is 5.73 Å². The number of primary amides is 1. The molecule has 0 aliphatic heterocycles. The lowest BCUT2D eigenvalue weighted by Crippen LogP contribution is -2.36. The maximum absolute atomic E-state index is 11.3. The summed E-state index contributed by atoms with van der Waals surface area (Å²) in [5.74, 6) is -0.902. The molecule has 0 aliphatic carbocycles. The van der Waals surface area contributed by atoms with Crippen molar-refractivity contribution in [2.75, 3.05) is 27.2 Å². The van der Waals surface area contributed by atoms with E-state index in [0.29, 0.717) is 6.54 Å². The number of nitrogens with two attached hydrogens (primary N) is 1. The predicted octanol–water partition coefficient (Wildman–Crippen LogP) is -0.824. The van der Waals surface area contributed by atoms with Crippen LogP contribution in [0.1, 0.15) is 13.3 Å². The Labute approximate surface area is 84.6 Å². The maximum Gasteiger partial charge on any atom is 0.223 e. The minimum absolute atomic E-state index is 0.105. The van der Waals surface area contributed by atoms with Crippen molar-refractivity contribution in [3.8, 4) is 0 Å². The van der Waals surface area contributed by atoms with Crippen molar-refractivity contribution in [3.63, 3.8) is 0 Å². The minimum atomic E-state index is -0.444. The molecule has 0 aromatic heterocycles. The molecule has 0 fully saturated rings. The van der Waals surface area contributed by atoms with E-state index < -0.39 is 5.91 Å². The first kappa shape index (κ1) is 12.9. The Balaban J connectivity index is 3.67. The molecule has 0 bridgehead atoms. The van der Waals surface area contributed by atoms with Crippen LogP contribution in [0.25, 0.3) is 0 Å². The van der Waals surface area contributed by atoms with Gasteiger partial charge in [-0.05, 0) is 14.1 Å². The standard InChI is InChI=1S/C9H19N3O2/c1-7(6-8(10)13)9(14)11-4-5-12(2)3/h7H,4-6H2,1-3H3,(H2,10,13)(H,11,14). The predicted molar refractivity (Wildman–Crippen MR) is 54.5 cm³/mol. The molecular formula is C9H19N3O2.